The molecule has 123 valence electrons. The van der Waals surface area contributed by atoms with Gasteiger partial charge in [0.05, 0.1) is 0 Å². The molecule has 0 N–H and O–H groups in total. The number of carbonyl (C=O) groups is 2. The van der Waals surface area contributed by atoms with Gasteiger partial charge in [-0.1, -0.05) is 53.4 Å². The number of unbranched alkanes of at least 4 members (excludes halogenated alkanes) is 2. The minimum Gasteiger partial charge on any atom is -0.550 e. The summed E-state index contributed by atoms with van der Waals surface area (Å²) in [6.07, 6.45) is 7.04. The Morgan fingerprint density at radius 3 is 1.19 bits per heavy atom. The predicted molar refractivity (Wildman–Crippen MR) is 76.6 cm³/mol. The summed E-state index contributed by atoms with van der Waals surface area (Å²) in [5.41, 5.74) is 0. The molecule has 4 nitrogen and oxygen atoms in total. The van der Waals surface area contributed by atoms with Crippen molar-refractivity contribution in [3.05, 3.63) is 0 Å². The van der Waals surface area contributed by atoms with Gasteiger partial charge in [-0.15, -0.1) is 0 Å². The van der Waals surface area contributed by atoms with Crippen molar-refractivity contribution in [2.75, 3.05) is 0 Å². The van der Waals surface area contributed by atoms with E-state index in [4.69, 9.17) is 0 Å². The normalized spacial score (nSPS) is 12.4. The Bertz CT molecular complexity index is 231. The molecular weight excluding hydrogens is 349 g/mol. The fraction of sp³-hybridized carbons (Fsp3) is 0.875. The molecule has 0 aliphatic carbocycles. The van der Waals surface area contributed by atoms with E-state index in [1.54, 1.807) is 0 Å². The Morgan fingerprint density at radius 1 is 0.762 bits per heavy atom. The van der Waals surface area contributed by atoms with Crippen LogP contribution in [-0.2, 0) is 32.0 Å². The van der Waals surface area contributed by atoms with Gasteiger partial charge in [0.25, 0.3) is 0 Å². The first-order valence-corrected chi connectivity index (χ1v) is 7.86. The van der Waals surface area contributed by atoms with Crippen molar-refractivity contribution in [1.82, 2.24) is 0 Å². The van der Waals surface area contributed by atoms with Gasteiger partial charge in [0.2, 0.25) is 0 Å². The molecule has 1 radical (unpaired) electrons. The molecule has 0 saturated heterocycles. The summed E-state index contributed by atoms with van der Waals surface area (Å²) in [7, 11) is 0. The predicted octanol–water partition coefficient (Wildman–Crippen LogP) is 1.90. The van der Waals surface area contributed by atoms with Crippen molar-refractivity contribution >= 4 is 11.9 Å². The van der Waals surface area contributed by atoms with E-state index < -0.39 is 11.9 Å². The molecule has 0 aromatic heterocycles. The van der Waals surface area contributed by atoms with Gasteiger partial charge >= 0.3 is 22.4 Å². The first-order chi connectivity index (χ1) is 9.44. The van der Waals surface area contributed by atoms with Gasteiger partial charge in [-0.05, 0) is 37.5 Å². The van der Waals surface area contributed by atoms with Gasteiger partial charge in [0, 0.05) is 11.9 Å². The monoisotopic (exact) mass is 379 g/mol. The summed E-state index contributed by atoms with van der Waals surface area (Å²) in [6, 6.07) is 0. The second-order valence-corrected chi connectivity index (χ2v) is 5.13. The topological polar surface area (TPSA) is 80.3 Å². The van der Waals surface area contributed by atoms with Crippen molar-refractivity contribution in [1.29, 1.82) is 0 Å². The Kier molecular flexibility index (Phi) is 21.6. The van der Waals surface area contributed by atoms with Crippen LogP contribution in [0.25, 0.3) is 0 Å². The van der Waals surface area contributed by atoms with Gasteiger partial charge in [-0.2, -0.15) is 0 Å². The molecule has 5 heteroatoms. The molecule has 0 aliphatic heterocycles. The molecule has 2 atom stereocenters. The molecule has 0 aliphatic rings. The first kappa shape index (κ1) is 25.6. The van der Waals surface area contributed by atoms with Crippen LogP contribution in [0.3, 0.4) is 0 Å². The number of hydrogen-bond acceptors (Lipinski definition) is 4. The molecule has 21 heavy (non-hydrogen) atoms. The van der Waals surface area contributed by atoms with Crippen LogP contribution >= 0.6 is 0 Å². The second kappa shape index (κ2) is 17.7. The second-order valence-electron chi connectivity index (χ2n) is 5.13. The van der Waals surface area contributed by atoms with Gasteiger partial charge in [-0.3, -0.25) is 0 Å². The number of carbonyl (C=O) groups excluding carboxylic acids is 2. The standard InChI is InChI=1S/2C8H16O2.Nb/c2*1-3-5-6-7(4-2)8(9)10;/h2*7H,3-6H2,1-2H3,(H,9,10);/q;;+2/p-2. The third-order valence-electron chi connectivity index (χ3n) is 3.46. The minimum absolute atomic E-state index is 0. The maximum Gasteiger partial charge on any atom is 2.00 e. The summed E-state index contributed by atoms with van der Waals surface area (Å²) in [5, 5.41) is 20.7. The van der Waals surface area contributed by atoms with Gasteiger partial charge in [-0.25, -0.2) is 0 Å². The first-order valence-electron chi connectivity index (χ1n) is 7.86. The fourth-order valence-electron chi connectivity index (χ4n) is 1.88. The molecule has 0 heterocycles. The average molecular weight is 379 g/mol. The molecule has 0 saturated carbocycles. The van der Waals surface area contributed by atoms with E-state index in [1.807, 2.05) is 13.8 Å². The Morgan fingerprint density at radius 2 is 1.05 bits per heavy atom. The zero-order valence-electron chi connectivity index (χ0n) is 13.9. The van der Waals surface area contributed by atoms with Gasteiger partial charge in [0.1, 0.15) is 0 Å². The van der Waals surface area contributed by atoms with Gasteiger partial charge in [0.15, 0.2) is 0 Å². The van der Waals surface area contributed by atoms with E-state index in [9.17, 15) is 19.8 Å². The molecule has 0 spiro atoms. The quantitative estimate of drug-likeness (QED) is 0.543. The van der Waals surface area contributed by atoms with Crippen LogP contribution in [0.15, 0.2) is 0 Å². The Labute approximate surface area is 145 Å². The van der Waals surface area contributed by atoms with Crippen LogP contribution in [0.2, 0.25) is 0 Å². The number of rotatable bonds is 10. The van der Waals surface area contributed by atoms with Crippen molar-refractivity contribution in [2.45, 2.75) is 79.1 Å². The van der Waals surface area contributed by atoms with Crippen molar-refractivity contribution < 1.29 is 42.2 Å². The summed E-state index contributed by atoms with van der Waals surface area (Å²) in [5.74, 6) is -2.23. The van der Waals surface area contributed by atoms with Crippen molar-refractivity contribution in [3.8, 4) is 0 Å². The summed E-state index contributed by atoms with van der Waals surface area (Å²) >= 11 is 0. The van der Waals surface area contributed by atoms with Crippen LogP contribution in [0, 0.1) is 11.8 Å². The molecule has 0 rings (SSSR count). The van der Waals surface area contributed by atoms with Crippen LogP contribution in [0.5, 0.6) is 0 Å². The van der Waals surface area contributed by atoms with E-state index in [2.05, 4.69) is 13.8 Å². The molecule has 2 unspecified atom stereocenters. The van der Waals surface area contributed by atoms with Crippen LogP contribution in [0.4, 0.5) is 0 Å². The Hall–Kier alpha value is -0.320. The van der Waals surface area contributed by atoms with Crippen LogP contribution < -0.4 is 10.2 Å². The number of carboxylic acids is 2. The van der Waals surface area contributed by atoms with Crippen molar-refractivity contribution in [2.24, 2.45) is 11.8 Å². The zero-order valence-corrected chi connectivity index (χ0v) is 16.1. The molecular formula is C16H30NbO4. The van der Waals surface area contributed by atoms with E-state index in [0.29, 0.717) is 12.8 Å². The van der Waals surface area contributed by atoms with E-state index in [-0.39, 0.29) is 34.2 Å². The summed E-state index contributed by atoms with van der Waals surface area (Å²) in [6.45, 7) is 7.89. The smallest absolute Gasteiger partial charge is 0.550 e. The average Bonchev–Trinajstić information content (AvgIpc) is 2.40. The maximum absolute atomic E-state index is 10.3. The molecule has 0 aromatic rings. The number of carboxylic acid groups (broad SMARTS) is 2. The summed E-state index contributed by atoms with van der Waals surface area (Å²) in [4.78, 5) is 20.7. The van der Waals surface area contributed by atoms with E-state index >= 15 is 0 Å². The molecule has 0 fully saturated rings. The minimum atomic E-state index is -0.893. The van der Waals surface area contributed by atoms with Crippen LogP contribution in [0.1, 0.15) is 79.1 Å². The molecule has 0 amide bonds. The SMILES string of the molecule is CCCCC(CC)C(=O)[O-].CCCCC(CC)C(=O)[O-].[Nb+2]. The van der Waals surface area contributed by atoms with Crippen LogP contribution in [-0.4, -0.2) is 11.9 Å². The number of aliphatic carboxylic acids is 2. The maximum atomic E-state index is 10.3. The van der Waals surface area contributed by atoms with E-state index in [1.165, 1.54) is 0 Å². The third-order valence-corrected chi connectivity index (χ3v) is 3.46. The third kappa shape index (κ3) is 15.9. The zero-order chi connectivity index (χ0) is 16.0. The Balaban J connectivity index is -0.000000295. The number of hydrogen-bond donors (Lipinski definition) is 0. The molecule has 0 aromatic carbocycles. The van der Waals surface area contributed by atoms with Gasteiger partial charge < -0.3 is 19.8 Å². The van der Waals surface area contributed by atoms with E-state index in [0.717, 1.165) is 38.5 Å². The largest absolute Gasteiger partial charge is 2.00 e. The molecule has 0 bridgehead atoms. The fourth-order valence-corrected chi connectivity index (χ4v) is 1.88. The van der Waals surface area contributed by atoms with Crippen molar-refractivity contribution in [3.63, 3.8) is 0 Å². The summed E-state index contributed by atoms with van der Waals surface area (Å²) < 4.78 is 0.